The first-order valence-corrected chi connectivity index (χ1v) is 6.13. The Labute approximate surface area is 106 Å². The predicted molar refractivity (Wildman–Crippen MR) is 71.8 cm³/mol. The third-order valence-corrected chi connectivity index (χ3v) is 3.05. The van der Waals surface area contributed by atoms with Crippen LogP contribution in [0, 0.1) is 13.8 Å². The Morgan fingerprint density at radius 1 is 1.39 bits per heavy atom. The molecule has 0 saturated heterocycles. The summed E-state index contributed by atoms with van der Waals surface area (Å²) < 4.78 is 1.56. The molecule has 0 aliphatic rings. The van der Waals surface area contributed by atoms with Gasteiger partial charge < -0.3 is 5.11 Å². The van der Waals surface area contributed by atoms with E-state index in [1.54, 1.807) is 17.8 Å². The molecule has 1 heterocycles. The van der Waals surface area contributed by atoms with E-state index in [2.05, 4.69) is 4.98 Å². The van der Waals surface area contributed by atoms with Crippen LogP contribution in [0.25, 0.3) is 10.9 Å². The topological polar surface area (TPSA) is 55.1 Å². The maximum absolute atomic E-state index is 12.3. The molecule has 0 aliphatic heterocycles. The Hall–Kier alpha value is -1.68. The van der Waals surface area contributed by atoms with E-state index < -0.39 is 6.10 Å². The summed E-state index contributed by atoms with van der Waals surface area (Å²) >= 11 is 0. The van der Waals surface area contributed by atoms with E-state index in [1.165, 1.54) is 0 Å². The number of benzene rings is 1. The van der Waals surface area contributed by atoms with Gasteiger partial charge in [-0.15, -0.1) is 0 Å². The smallest absolute Gasteiger partial charge is 0.261 e. The molecule has 2 aromatic rings. The molecule has 0 unspecified atom stereocenters. The highest BCUT2D eigenvalue weighted by Crippen LogP contribution is 2.14. The maximum atomic E-state index is 12.3. The van der Waals surface area contributed by atoms with Crippen LogP contribution in [0.2, 0.25) is 0 Å². The van der Waals surface area contributed by atoms with Gasteiger partial charge in [0.25, 0.3) is 5.56 Å². The van der Waals surface area contributed by atoms with Gasteiger partial charge in [0.05, 0.1) is 23.3 Å². The third kappa shape index (κ3) is 2.43. The van der Waals surface area contributed by atoms with Crippen molar-refractivity contribution in [3.63, 3.8) is 0 Å². The van der Waals surface area contributed by atoms with Crippen molar-refractivity contribution in [2.24, 2.45) is 0 Å². The lowest BCUT2D eigenvalue weighted by Gasteiger charge is -2.09. The fourth-order valence-electron chi connectivity index (χ4n) is 2.11. The fraction of sp³-hybridized carbons (Fsp3) is 0.429. The molecule has 4 nitrogen and oxygen atoms in total. The molecule has 0 amide bonds. The quantitative estimate of drug-likeness (QED) is 0.898. The molecule has 2 rings (SSSR count). The van der Waals surface area contributed by atoms with Crippen molar-refractivity contribution < 1.29 is 5.11 Å². The normalized spacial score (nSPS) is 12.9. The zero-order valence-corrected chi connectivity index (χ0v) is 11.0. The van der Waals surface area contributed by atoms with Crippen molar-refractivity contribution in [1.29, 1.82) is 0 Å². The Morgan fingerprint density at radius 3 is 2.78 bits per heavy atom. The largest absolute Gasteiger partial charge is 0.393 e. The minimum Gasteiger partial charge on any atom is -0.393 e. The summed E-state index contributed by atoms with van der Waals surface area (Å²) in [5, 5.41) is 9.92. The summed E-state index contributed by atoms with van der Waals surface area (Å²) in [6, 6.07) is 3.89. The molecule has 0 spiro atoms. The van der Waals surface area contributed by atoms with E-state index in [4.69, 9.17) is 0 Å². The van der Waals surface area contributed by atoms with Crippen molar-refractivity contribution >= 4 is 10.9 Å². The van der Waals surface area contributed by atoms with Gasteiger partial charge in [-0.25, -0.2) is 4.98 Å². The Morgan fingerprint density at radius 2 is 2.11 bits per heavy atom. The van der Waals surface area contributed by atoms with E-state index in [-0.39, 0.29) is 5.56 Å². The Balaban J connectivity index is 2.53. The van der Waals surface area contributed by atoms with Crippen LogP contribution in [0.4, 0.5) is 0 Å². The molecule has 1 aromatic carbocycles. The average Bonchev–Trinajstić information content (AvgIpc) is 2.29. The van der Waals surface area contributed by atoms with Crippen LogP contribution in [0.15, 0.2) is 23.3 Å². The molecule has 96 valence electrons. The van der Waals surface area contributed by atoms with Crippen LogP contribution < -0.4 is 5.56 Å². The highest BCUT2D eigenvalue weighted by atomic mass is 16.3. The average molecular weight is 246 g/mol. The number of aromatic nitrogens is 2. The molecule has 0 aliphatic carbocycles. The minimum atomic E-state index is -0.410. The van der Waals surface area contributed by atoms with Crippen LogP contribution in [-0.4, -0.2) is 20.8 Å². The molecular weight excluding hydrogens is 228 g/mol. The van der Waals surface area contributed by atoms with Gasteiger partial charge in [0.15, 0.2) is 0 Å². The van der Waals surface area contributed by atoms with Crippen LogP contribution in [-0.2, 0) is 6.54 Å². The Bertz CT molecular complexity index is 629. The van der Waals surface area contributed by atoms with Crippen molar-refractivity contribution in [3.05, 3.63) is 39.9 Å². The second-order valence-corrected chi connectivity index (χ2v) is 4.86. The minimum absolute atomic E-state index is 0.0348. The van der Waals surface area contributed by atoms with Gasteiger partial charge in [-0.2, -0.15) is 0 Å². The van der Waals surface area contributed by atoms with Crippen molar-refractivity contribution in [2.45, 2.75) is 39.8 Å². The highest BCUT2D eigenvalue weighted by Gasteiger charge is 2.07. The summed E-state index contributed by atoms with van der Waals surface area (Å²) in [6.45, 7) is 6.14. The molecule has 0 fully saturated rings. The van der Waals surface area contributed by atoms with E-state index in [1.807, 2.05) is 26.0 Å². The lowest BCUT2D eigenvalue weighted by Crippen LogP contribution is -2.22. The molecule has 1 N–H and O–H groups in total. The van der Waals surface area contributed by atoms with E-state index in [0.717, 1.165) is 16.6 Å². The number of hydrogen-bond acceptors (Lipinski definition) is 3. The van der Waals surface area contributed by atoms with Crippen LogP contribution >= 0.6 is 0 Å². The molecule has 1 aromatic heterocycles. The lowest BCUT2D eigenvalue weighted by atomic mass is 10.1. The number of nitrogens with zero attached hydrogens (tertiary/aromatic N) is 2. The summed E-state index contributed by atoms with van der Waals surface area (Å²) in [5.74, 6) is 0. The third-order valence-electron chi connectivity index (χ3n) is 3.05. The van der Waals surface area contributed by atoms with Crippen molar-refractivity contribution in [1.82, 2.24) is 9.55 Å². The van der Waals surface area contributed by atoms with Gasteiger partial charge in [-0.3, -0.25) is 9.36 Å². The van der Waals surface area contributed by atoms with E-state index in [0.29, 0.717) is 18.4 Å². The first-order valence-electron chi connectivity index (χ1n) is 6.13. The SMILES string of the molecule is Cc1cc(C)c2ncn(CC[C@@H](C)O)c(=O)c2c1. The lowest BCUT2D eigenvalue weighted by molar-refractivity contribution is 0.177. The summed E-state index contributed by atoms with van der Waals surface area (Å²) in [7, 11) is 0. The standard InChI is InChI=1S/C14H18N2O2/c1-9-6-10(2)13-12(7-9)14(18)16(8-15-13)5-4-11(3)17/h6-8,11,17H,4-5H2,1-3H3/t11-/m1/s1. The zero-order valence-electron chi connectivity index (χ0n) is 11.0. The summed E-state index contributed by atoms with van der Waals surface area (Å²) in [5.41, 5.74) is 2.81. The van der Waals surface area contributed by atoms with Crippen LogP contribution in [0.3, 0.4) is 0 Å². The van der Waals surface area contributed by atoms with Crippen LogP contribution in [0.5, 0.6) is 0 Å². The highest BCUT2D eigenvalue weighted by molar-refractivity contribution is 5.81. The van der Waals surface area contributed by atoms with Crippen molar-refractivity contribution in [3.8, 4) is 0 Å². The summed E-state index contributed by atoms with van der Waals surface area (Å²) in [6.07, 6.45) is 1.71. The first-order chi connectivity index (χ1) is 8.49. The number of aliphatic hydroxyl groups excluding tert-OH is 1. The number of aliphatic hydroxyl groups is 1. The molecule has 0 bridgehead atoms. The number of aryl methyl sites for hydroxylation is 3. The van der Waals surface area contributed by atoms with Crippen molar-refractivity contribution in [2.75, 3.05) is 0 Å². The van der Waals surface area contributed by atoms with Crippen LogP contribution in [0.1, 0.15) is 24.5 Å². The van der Waals surface area contributed by atoms with Gasteiger partial charge in [-0.05, 0) is 44.4 Å². The molecule has 4 heteroatoms. The molecule has 1 atom stereocenters. The van der Waals surface area contributed by atoms with Gasteiger partial charge in [0.2, 0.25) is 0 Å². The van der Waals surface area contributed by atoms with Gasteiger partial charge in [-0.1, -0.05) is 6.07 Å². The Kier molecular flexibility index (Phi) is 3.48. The molecule has 0 radical (unpaired) electrons. The second kappa shape index (κ2) is 4.90. The number of rotatable bonds is 3. The van der Waals surface area contributed by atoms with Gasteiger partial charge in [0, 0.05) is 6.54 Å². The number of hydrogen-bond donors (Lipinski definition) is 1. The molecule has 0 saturated carbocycles. The fourth-order valence-corrected chi connectivity index (χ4v) is 2.11. The van der Waals surface area contributed by atoms with Gasteiger partial charge >= 0.3 is 0 Å². The first kappa shape index (κ1) is 12.8. The van der Waals surface area contributed by atoms with E-state index >= 15 is 0 Å². The molecule has 18 heavy (non-hydrogen) atoms. The number of fused-ring (bicyclic) bond motifs is 1. The zero-order chi connectivity index (χ0) is 13.3. The molecular formula is C14H18N2O2. The predicted octanol–water partition coefficient (Wildman–Crippen LogP) is 1.78. The monoisotopic (exact) mass is 246 g/mol. The second-order valence-electron chi connectivity index (χ2n) is 4.86. The summed E-state index contributed by atoms with van der Waals surface area (Å²) in [4.78, 5) is 16.6. The van der Waals surface area contributed by atoms with E-state index in [9.17, 15) is 9.90 Å². The maximum Gasteiger partial charge on any atom is 0.261 e. The van der Waals surface area contributed by atoms with Gasteiger partial charge in [0.1, 0.15) is 0 Å².